The number of nitrogens with zero attached hydrogens (tertiary/aromatic N) is 4. The van der Waals surface area contributed by atoms with Gasteiger partial charge in [-0.2, -0.15) is 0 Å². The maximum atomic E-state index is 13.0. The largest absolute Gasteiger partial charge is 0.308 e. The van der Waals surface area contributed by atoms with Gasteiger partial charge in [-0.05, 0) is 36.0 Å². The van der Waals surface area contributed by atoms with E-state index in [2.05, 4.69) is 68.2 Å². The lowest BCUT2D eigenvalue weighted by Gasteiger charge is -2.22. The van der Waals surface area contributed by atoms with Crippen LogP contribution in [0.4, 0.5) is 5.69 Å². The van der Waals surface area contributed by atoms with E-state index >= 15 is 0 Å². The van der Waals surface area contributed by atoms with Crippen LogP contribution >= 0.6 is 11.8 Å². The molecule has 0 saturated heterocycles. The number of amides is 1. The SMILES string of the molecule is C[C@H]1Cc2ccccc2N1C(=O)CSc1nnc(-c2ccc(C(C)(C)C)cc2)n1C. The zero-order chi connectivity index (χ0) is 21.5. The maximum absolute atomic E-state index is 13.0. The molecule has 3 aromatic rings. The van der Waals surface area contributed by atoms with Gasteiger partial charge in [0.2, 0.25) is 5.91 Å². The molecule has 0 spiro atoms. The molecule has 2 heterocycles. The Kier molecular flexibility index (Phi) is 5.45. The molecule has 4 rings (SSSR count). The number of anilines is 1. The van der Waals surface area contributed by atoms with E-state index in [1.807, 2.05) is 34.7 Å². The minimum absolute atomic E-state index is 0.108. The summed E-state index contributed by atoms with van der Waals surface area (Å²) in [4.78, 5) is 14.9. The summed E-state index contributed by atoms with van der Waals surface area (Å²) in [6, 6.07) is 16.8. The molecule has 1 atom stereocenters. The van der Waals surface area contributed by atoms with Gasteiger partial charge in [0, 0.05) is 24.3 Å². The quantitative estimate of drug-likeness (QED) is 0.566. The summed E-state index contributed by atoms with van der Waals surface area (Å²) in [7, 11) is 1.95. The first-order valence-electron chi connectivity index (χ1n) is 10.3. The van der Waals surface area contributed by atoms with Gasteiger partial charge in [-0.25, -0.2) is 0 Å². The van der Waals surface area contributed by atoms with E-state index in [1.54, 1.807) is 0 Å². The van der Waals surface area contributed by atoms with Crippen LogP contribution in [-0.2, 0) is 23.7 Å². The van der Waals surface area contributed by atoms with Crippen molar-refractivity contribution >= 4 is 23.4 Å². The first-order valence-corrected chi connectivity index (χ1v) is 11.3. The molecule has 1 aliphatic rings. The highest BCUT2D eigenvalue weighted by Gasteiger charge is 2.30. The van der Waals surface area contributed by atoms with Gasteiger partial charge in [0.25, 0.3) is 0 Å². The van der Waals surface area contributed by atoms with Gasteiger partial charge in [0.15, 0.2) is 11.0 Å². The molecule has 30 heavy (non-hydrogen) atoms. The van der Waals surface area contributed by atoms with Crippen molar-refractivity contribution in [3.8, 4) is 11.4 Å². The molecule has 0 fully saturated rings. The van der Waals surface area contributed by atoms with Crippen molar-refractivity contribution < 1.29 is 4.79 Å². The lowest BCUT2D eigenvalue weighted by molar-refractivity contribution is -0.116. The maximum Gasteiger partial charge on any atom is 0.237 e. The molecule has 1 amide bonds. The third-order valence-corrected chi connectivity index (χ3v) is 6.65. The fraction of sp³-hybridized carbons (Fsp3) is 0.375. The number of hydrogen-bond acceptors (Lipinski definition) is 4. The predicted octanol–water partition coefficient (Wildman–Crippen LogP) is 4.85. The molecule has 156 valence electrons. The monoisotopic (exact) mass is 420 g/mol. The van der Waals surface area contributed by atoms with Crippen LogP contribution in [0.3, 0.4) is 0 Å². The van der Waals surface area contributed by atoms with Crippen molar-refractivity contribution in [3.63, 3.8) is 0 Å². The average molecular weight is 421 g/mol. The van der Waals surface area contributed by atoms with E-state index in [-0.39, 0.29) is 17.4 Å². The van der Waals surface area contributed by atoms with Crippen molar-refractivity contribution in [2.75, 3.05) is 10.7 Å². The van der Waals surface area contributed by atoms with E-state index in [1.165, 1.54) is 22.9 Å². The third-order valence-electron chi connectivity index (χ3n) is 5.64. The second-order valence-electron chi connectivity index (χ2n) is 8.93. The number of hydrogen-bond donors (Lipinski definition) is 0. The average Bonchev–Trinajstić information content (AvgIpc) is 3.24. The molecule has 0 radical (unpaired) electrons. The van der Waals surface area contributed by atoms with Gasteiger partial charge in [-0.1, -0.05) is 75.0 Å². The van der Waals surface area contributed by atoms with Crippen molar-refractivity contribution in [1.82, 2.24) is 14.8 Å². The highest BCUT2D eigenvalue weighted by Crippen LogP contribution is 2.33. The third kappa shape index (κ3) is 3.88. The van der Waals surface area contributed by atoms with E-state index in [9.17, 15) is 4.79 Å². The Hall–Kier alpha value is -2.60. The normalized spacial score (nSPS) is 16.0. The molecule has 0 saturated carbocycles. The van der Waals surface area contributed by atoms with Crippen LogP contribution in [0.2, 0.25) is 0 Å². The number of fused-ring (bicyclic) bond motifs is 1. The highest BCUT2D eigenvalue weighted by molar-refractivity contribution is 7.99. The molecular weight excluding hydrogens is 392 g/mol. The number of thioether (sulfide) groups is 1. The summed E-state index contributed by atoms with van der Waals surface area (Å²) >= 11 is 1.44. The van der Waals surface area contributed by atoms with Crippen LogP contribution in [0.15, 0.2) is 53.7 Å². The molecule has 0 N–H and O–H groups in total. The Morgan fingerprint density at radius 1 is 1.10 bits per heavy atom. The zero-order valence-corrected chi connectivity index (χ0v) is 19.0. The minimum atomic E-state index is 0.108. The van der Waals surface area contributed by atoms with E-state index in [0.29, 0.717) is 5.75 Å². The Labute approximate surface area is 182 Å². The molecule has 0 bridgehead atoms. The van der Waals surface area contributed by atoms with Gasteiger partial charge in [0.05, 0.1) is 5.75 Å². The van der Waals surface area contributed by atoms with Crippen molar-refractivity contribution in [1.29, 1.82) is 0 Å². The number of benzene rings is 2. The number of carbonyl (C=O) groups is 1. The lowest BCUT2D eigenvalue weighted by atomic mass is 9.87. The van der Waals surface area contributed by atoms with Crippen LogP contribution in [0.25, 0.3) is 11.4 Å². The van der Waals surface area contributed by atoms with Crippen LogP contribution in [0, 0.1) is 0 Å². The summed E-state index contributed by atoms with van der Waals surface area (Å²) in [6.45, 7) is 8.71. The molecule has 6 heteroatoms. The predicted molar refractivity (Wildman–Crippen MR) is 123 cm³/mol. The first-order chi connectivity index (χ1) is 14.3. The van der Waals surface area contributed by atoms with Crippen LogP contribution < -0.4 is 4.90 Å². The Bertz CT molecular complexity index is 1070. The van der Waals surface area contributed by atoms with E-state index in [0.717, 1.165) is 28.7 Å². The Morgan fingerprint density at radius 2 is 1.80 bits per heavy atom. The Morgan fingerprint density at radius 3 is 2.50 bits per heavy atom. The lowest BCUT2D eigenvalue weighted by Crippen LogP contribution is -2.37. The topological polar surface area (TPSA) is 51.0 Å². The summed E-state index contributed by atoms with van der Waals surface area (Å²) in [5, 5.41) is 9.45. The fourth-order valence-electron chi connectivity index (χ4n) is 3.95. The fourth-order valence-corrected chi connectivity index (χ4v) is 4.72. The molecular formula is C24H28N4OS. The van der Waals surface area contributed by atoms with Crippen LogP contribution in [-0.4, -0.2) is 32.5 Å². The van der Waals surface area contributed by atoms with Crippen LogP contribution in [0.1, 0.15) is 38.8 Å². The van der Waals surface area contributed by atoms with Crippen molar-refractivity contribution in [3.05, 3.63) is 59.7 Å². The number of para-hydroxylation sites is 1. The van der Waals surface area contributed by atoms with Gasteiger partial charge in [-0.15, -0.1) is 10.2 Å². The van der Waals surface area contributed by atoms with E-state index in [4.69, 9.17) is 0 Å². The van der Waals surface area contributed by atoms with Gasteiger partial charge >= 0.3 is 0 Å². The standard InChI is InChI=1S/C24H28N4OS/c1-16-14-18-8-6-7-9-20(18)28(16)21(29)15-30-23-26-25-22(27(23)5)17-10-12-19(13-11-17)24(2,3)4/h6-13,16H,14-15H2,1-5H3/t16-/m0/s1. The number of rotatable bonds is 4. The number of aromatic nitrogens is 3. The Balaban J connectivity index is 1.47. The van der Waals surface area contributed by atoms with E-state index < -0.39 is 0 Å². The molecule has 1 aromatic heterocycles. The molecule has 1 aliphatic heterocycles. The summed E-state index contributed by atoms with van der Waals surface area (Å²) < 4.78 is 1.96. The number of carbonyl (C=O) groups excluding carboxylic acids is 1. The van der Waals surface area contributed by atoms with Crippen molar-refractivity contribution in [2.24, 2.45) is 7.05 Å². The zero-order valence-electron chi connectivity index (χ0n) is 18.2. The molecule has 5 nitrogen and oxygen atoms in total. The first kappa shape index (κ1) is 20.7. The summed E-state index contributed by atoms with van der Waals surface area (Å²) in [5.41, 5.74) is 4.70. The highest BCUT2D eigenvalue weighted by atomic mass is 32.2. The van der Waals surface area contributed by atoms with Crippen LogP contribution in [0.5, 0.6) is 0 Å². The minimum Gasteiger partial charge on any atom is -0.308 e. The second kappa shape index (κ2) is 7.91. The van der Waals surface area contributed by atoms with Gasteiger partial charge < -0.3 is 9.47 Å². The van der Waals surface area contributed by atoms with Gasteiger partial charge in [-0.3, -0.25) is 4.79 Å². The molecule has 0 unspecified atom stereocenters. The molecule has 0 aliphatic carbocycles. The smallest absolute Gasteiger partial charge is 0.237 e. The van der Waals surface area contributed by atoms with Gasteiger partial charge in [0.1, 0.15) is 0 Å². The molecule has 2 aromatic carbocycles. The second-order valence-corrected chi connectivity index (χ2v) is 9.87. The van der Waals surface area contributed by atoms with Crippen molar-refractivity contribution in [2.45, 2.75) is 50.7 Å². The summed E-state index contributed by atoms with van der Waals surface area (Å²) in [6.07, 6.45) is 0.908. The summed E-state index contributed by atoms with van der Waals surface area (Å²) in [5.74, 6) is 1.26.